The Bertz CT molecular complexity index is 343. The van der Waals surface area contributed by atoms with Gasteiger partial charge in [-0.2, -0.15) is 0 Å². The van der Waals surface area contributed by atoms with Gasteiger partial charge in [0.2, 0.25) is 6.29 Å². The summed E-state index contributed by atoms with van der Waals surface area (Å²) in [6.07, 6.45) is -0.297. The van der Waals surface area contributed by atoms with Crippen LogP contribution in [0.4, 0.5) is 0 Å². The fourth-order valence-corrected chi connectivity index (χ4v) is 1.35. The molecule has 0 atom stereocenters. The van der Waals surface area contributed by atoms with Crippen LogP contribution < -0.4 is 0 Å². The Morgan fingerprint density at radius 3 is 2.79 bits per heavy atom. The van der Waals surface area contributed by atoms with Crippen molar-refractivity contribution >= 4 is 5.57 Å². The molecule has 3 nitrogen and oxygen atoms in total. The lowest BCUT2D eigenvalue weighted by molar-refractivity contribution is -0.0473. The van der Waals surface area contributed by atoms with Crippen LogP contribution >= 0.6 is 0 Å². The summed E-state index contributed by atoms with van der Waals surface area (Å²) in [5.41, 5.74) is 2.66. The Morgan fingerprint density at radius 1 is 1.43 bits per heavy atom. The first-order chi connectivity index (χ1) is 6.77. The first kappa shape index (κ1) is 9.37. The molecular formula is C11H13NO2. The SMILES string of the molecule is C=C(C)c1cccc(C2OCCO2)n1. The molecule has 0 aliphatic carbocycles. The molecule has 3 heteroatoms. The van der Waals surface area contributed by atoms with E-state index in [9.17, 15) is 0 Å². The monoisotopic (exact) mass is 191 g/mol. The molecule has 1 fully saturated rings. The topological polar surface area (TPSA) is 31.4 Å². The van der Waals surface area contributed by atoms with Crippen LogP contribution in [0.1, 0.15) is 24.6 Å². The highest BCUT2D eigenvalue weighted by Gasteiger charge is 2.19. The van der Waals surface area contributed by atoms with Crippen molar-refractivity contribution in [3.63, 3.8) is 0 Å². The summed E-state index contributed by atoms with van der Waals surface area (Å²) in [6.45, 7) is 7.07. The number of allylic oxidation sites excluding steroid dienone is 1. The smallest absolute Gasteiger partial charge is 0.201 e. The Balaban J connectivity index is 2.25. The second kappa shape index (κ2) is 3.90. The minimum Gasteiger partial charge on any atom is -0.345 e. The fourth-order valence-electron chi connectivity index (χ4n) is 1.35. The molecule has 0 unspecified atom stereocenters. The lowest BCUT2D eigenvalue weighted by atomic mass is 10.2. The van der Waals surface area contributed by atoms with E-state index in [2.05, 4.69) is 11.6 Å². The number of nitrogens with zero attached hydrogens (tertiary/aromatic N) is 1. The largest absolute Gasteiger partial charge is 0.345 e. The van der Waals surface area contributed by atoms with Crippen LogP contribution in [-0.4, -0.2) is 18.2 Å². The van der Waals surface area contributed by atoms with Crippen molar-refractivity contribution < 1.29 is 9.47 Å². The average Bonchev–Trinajstić information content (AvgIpc) is 2.71. The van der Waals surface area contributed by atoms with Gasteiger partial charge >= 0.3 is 0 Å². The third kappa shape index (κ3) is 1.84. The van der Waals surface area contributed by atoms with Crippen molar-refractivity contribution in [2.75, 3.05) is 13.2 Å². The standard InChI is InChI=1S/C11H13NO2/c1-8(2)9-4-3-5-10(12-9)11-13-6-7-14-11/h3-5,11H,1,6-7H2,2H3. The third-order valence-corrected chi connectivity index (χ3v) is 2.07. The van der Waals surface area contributed by atoms with E-state index in [1.165, 1.54) is 0 Å². The van der Waals surface area contributed by atoms with Gasteiger partial charge in [0.05, 0.1) is 24.6 Å². The third-order valence-electron chi connectivity index (χ3n) is 2.07. The van der Waals surface area contributed by atoms with Gasteiger partial charge in [-0.3, -0.25) is 0 Å². The molecule has 2 heterocycles. The summed E-state index contributed by atoms with van der Waals surface area (Å²) >= 11 is 0. The van der Waals surface area contributed by atoms with Crippen LogP contribution in [0.15, 0.2) is 24.8 Å². The van der Waals surface area contributed by atoms with Crippen molar-refractivity contribution in [1.82, 2.24) is 4.98 Å². The highest BCUT2D eigenvalue weighted by molar-refractivity contribution is 5.57. The second-order valence-electron chi connectivity index (χ2n) is 3.30. The molecule has 0 bridgehead atoms. The Morgan fingerprint density at radius 2 is 2.14 bits per heavy atom. The van der Waals surface area contributed by atoms with Gasteiger partial charge in [-0.05, 0) is 24.6 Å². The summed E-state index contributed by atoms with van der Waals surface area (Å²) in [7, 11) is 0. The maximum Gasteiger partial charge on any atom is 0.201 e. The van der Waals surface area contributed by atoms with E-state index in [1.54, 1.807) is 0 Å². The van der Waals surface area contributed by atoms with Gasteiger partial charge in [0.15, 0.2) is 0 Å². The first-order valence-electron chi connectivity index (χ1n) is 4.63. The highest BCUT2D eigenvalue weighted by atomic mass is 16.7. The predicted octanol–water partition coefficient (Wildman–Crippen LogP) is 2.16. The van der Waals surface area contributed by atoms with E-state index < -0.39 is 0 Å². The molecule has 14 heavy (non-hydrogen) atoms. The molecule has 0 radical (unpaired) electrons. The van der Waals surface area contributed by atoms with E-state index in [-0.39, 0.29) is 6.29 Å². The number of pyridine rings is 1. The van der Waals surface area contributed by atoms with Gasteiger partial charge in [-0.25, -0.2) is 4.98 Å². The molecule has 0 spiro atoms. The van der Waals surface area contributed by atoms with Crippen molar-refractivity contribution in [3.05, 3.63) is 36.2 Å². The molecule has 74 valence electrons. The van der Waals surface area contributed by atoms with E-state index in [0.717, 1.165) is 17.0 Å². The van der Waals surface area contributed by atoms with Crippen molar-refractivity contribution in [1.29, 1.82) is 0 Å². The van der Waals surface area contributed by atoms with Gasteiger partial charge in [0.1, 0.15) is 0 Å². The van der Waals surface area contributed by atoms with Crippen molar-refractivity contribution in [3.8, 4) is 0 Å². The average molecular weight is 191 g/mol. The minimum atomic E-state index is -0.297. The molecule has 1 aliphatic rings. The number of hydrogen-bond acceptors (Lipinski definition) is 3. The van der Waals surface area contributed by atoms with Crippen LogP contribution in [-0.2, 0) is 9.47 Å². The predicted molar refractivity (Wildman–Crippen MR) is 53.6 cm³/mol. The summed E-state index contributed by atoms with van der Waals surface area (Å²) in [5.74, 6) is 0. The van der Waals surface area contributed by atoms with E-state index in [1.807, 2.05) is 25.1 Å². The van der Waals surface area contributed by atoms with Gasteiger partial charge in [-0.15, -0.1) is 0 Å². The molecule has 0 amide bonds. The molecule has 1 aliphatic heterocycles. The lowest BCUT2D eigenvalue weighted by Crippen LogP contribution is -2.02. The second-order valence-corrected chi connectivity index (χ2v) is 3.30. The van der Waals surface area contributed by atoms with Crippen LogP contribution in [0, 0.1) is 0 Å². The Hall–Kier alpha value is -1.19. The van der Waals surface area contributed by atoms with E-state index >= 15 is 0 Å². The molecule has 2 rings (SSSR count). The summed E-state index contributed by atoms with van der Waals surface area (Å²) in [5, 5.41) is 0. The zero-order valence-corrected chi connectivity index (χ0v) is 8.19. The van der Waals surface area contributed by atoms with Gasteiger partial charge in [0, 0.05) is 0 Å². The zero-order valence-electron chi connectivity index (χ0n) is 8.19. The first-order valence-corrected chi connectivity index (χ1v) is 4.63. The van der Waals surface area contributed by atoms with Crippen LogP contribution in [0.2, 0.25) is 0 Å². The van der Waals surface area contributed by atoms with Gasteiger partial charge in [0.25, 0.3) is 0 Å². The highest BCUT2D eigenvalue weighted by Crippen LogP contribution is 2.22. The molecule has 0 saturated carbocycles. The fraction of sp³-hybridized carbons (Fsp3) is 0.364. The maximum absolute atomic E-state index is 5.36. The molecular weight excluding hydrogens is 178 g/mol. The van der Waals surface area contributed by atoms with Crippen molar-refractivity contribution in [2.24, 2.45) is 0 Å². The quantitative estimate of drug-likeness (QED) is 0.717. The molecule has 1 aromatic rings. The van der Waals surface area contributed by atoms with Crippen LogP contribution in [0.25, 0.3) is 5.57 Å². The van der Waals surface area contributed by atoms with Gasteiger partial charge in [-0.1, -0.05) is 12.6 Å². The van der Waals surface area contributed by atoms with Crippen LogP contribution in [0.3, 0.4) is 0 Å². The van der Waals surface area contributed by atoms with Gasteiger partial charge < -0.3 is 9.47 Å². The van der Waals surface area contributed by atoms with Crippen molar-refractivity contribution in [2.45, 2.75) is 13.2 Å². The minimum absolute atomic E-state index is 0.297. The number of ether oxygens (including phenoxy) is 2. The van der Waals surface area contributed by atoms with E-state index in [0.29, 0.717) is 13.2 Å². The normalized spacial score (nSPS) is 17.2. The summed E-state index contributed by atoms with van der Waals surface area (Å²) < 4.78 is 10.7. The zero-order chi connectivity index (χ0) is 9.97. The number of aromatic nitrogens is 1. The Kier molecular flexibility index (Phi) is 2.61. The maximum atomic E-state index is 5.36. The lowest BCUT2D eigenvalue weighted by Gasteiger charge is -2.09. The number of hydrogen-bond donors (Lipinski definition) is 0. The van der Waals surface area contributed by atoms with Crippen LogP contribution in [0.5, 0.6) is 0 Å². The number of rotatable bonds is 2. The molecule has 1 saturated heterocycles. The molecule has 0 N–H and O–H groups in total. The molecule has 0 aromatic carbocycles. The molecule has 1 aromatic heterocycles. The summed E-state index contributed by atoms with van der Waals surface area (Å²) in [6, 6.07) is 5.78. The van der Waals surface area contributed by atoms with E-state index in [4.69, 9.17) is 9.47 Å². The Labute approximate surface area is 83.4 Å². The summed E-state index contributed by atoms with van der Waals surface area (Å²) in [4.78, 5) is 4.40.